The van der Waals surface area contributed by atoms with Gasteiger partial charge in [-0.05, 0) is 13.8 Å². The standard InChI is InChI=1S/C13H16N4O3S/c1-4-20-12(19)10-11(8(3)18)21-13(17-10)16-7(2)9-5-14-15-6-9/h5-7H,4H2,1-3H3,(H,14,15)(H,16,17). The lowest BCUT2D eigenvalue weighted by Gasteiger charge is -2.09. The minimum atomic E-state index is -0.581. The fourth-order valence-corrected chi connectivity index (χ4v) is 2.66. The lowest BCUT2D eigenvalue weighted by molar-refractivity contribution is 0.0517. The van der Waals surface area contributed by atoms with Gasteiger partial charge in [-0.25, -0.2) is 9.78 Å². The molecule has 2 aromatic heterocycles. The number of thiazole rings is 1. The SMILES string of the molecule is CCOC(=O)c1nc(NC(C)c2cn[nH]c2)sc1C(C)=O. The smallest absolute Gasteiger partial charge is 0.358 e. The van der Waals surface area contributed by atoms with Crippen LogP contribution in [0, 0.1) is 0 Å². The highest BCUT2D eigenvalue weighted by molar-refractivity contribution is 7.17. The van der Waals surface area contributed by atoms with Crippen molar-refractivity contribution in [2.75, 3.05) is 11.9 Å². The van der Waals surface area contributed by atoms with E-state index in [-0.39, 0.29) is 24.1 Å². The molecular weight excluding hydrogens is 292 g/mol. The number of aromatic amines is 1. The van der Waals surface area contributed by atoms with E-state index in [0.717, 1.165) is 16.9 Å². The van der Waals surface area contributed by atoms with Crippen LogP contribution in [0.5, 0.6) is 0 Å². The van der Waals surface area contributed by atoms with Crippen molar-refractivity contribution in [2.24, 2.45) is 0 Å². The van der Waals surface area contributed by atoms with Gasteiger partial charge in [0, 0.05) is 18.7 Å². The molecule has 0 bridgehead atoms. The summed E-state index contributed by atoms with van der Waals surface area (Å²) in [6.07, 6.45) is 3.47. The highest BCUT2D eigenvalue weighted by Gasteiger charge is 2.23. The van der Waals surface area contributed by atoms with Crippen LogP contribution in [0.25, 0.3) is 0 Å². The Morgan fingerprint density at radius 2 is 2.29 bits per heavy atom. The minimum Gasteiger partial charge on any atom is -0.461 e. The van der Waals surface area contributed by atoms with Gasteiger partial charge in [-0.15, -0.1) is 0 Å². The molecule has 0 saturated carbocycles. The van der Waals surface area contributed by atoms with Gasteiger partial charge in [-0.3, -0.25) is 9.89 Å². The summed E-state index contributed by atoms with van der Waals surface area (Å²) in [4.78, 5) is 27.9. The number of rotatable bonds is 6. The number of nitrogens with one attached hydrogen (secondary N) is 2. The van der Waals surface area contributed by atoms with Crippen LogP contribution in [-0.4, -0.2) is 33.5 Å². The lowest BCUT2D eigenvalue weighted by atomic mass is 10.2. The normalized spacial score (nSPS) is 12.0. The molecule has 0 amide bonds. The largest absolute Gasteiger partial charge is 0.461 e. The maximum Gasteiger partial charge on any atom is 0.358 e. The van der Waals surface area contributed by atoms with Gasteiger partial charge >= 0.3 is 5.97 Å². The molecule has 112 valence electrons. The highest BCUT2D eigenvalue weighted by Crippen LogP contribution is 2.27. The van der Waals surface area contributed by atoms with Crippen LogP contribution in [-0.2, 0) is 4.74 Å². The summed E-state index contributed by atoms with van der Waals surface area (Å²) < 4.78 is 4.92. The van der Waals surface area contributed by atoms with Gasteiger partial charge in [0.2, 0.25) is 0 Å². The van der Waals surface area contributed by atoms with Gasteiger partial charge in [0.25, 0.3) is 0 Å². The summed E-state index contributed by atoms with van der Waals surface area (Å²) in [7, 11) is 0. The summed E-state index contributed by atoms with van der Waals surface area (Å²) in [6.45, 7) is 5.28. The number of aromatic nitrogens is 3. The van der Waals surface area contributed by atoms with Gasteiger partial charge in [-0.1, -0.05) is 11.3 Å². The van der Waals surface area contributed by atoms with E-state index in [4.69, 9.17) is 4.74 Å². The second-order valence-corrected chi connectivity index (χ2v) is 5.37. The Bertz CT molecular complexity index is 636. The number of hydrogen-bond acceptors (Lipinski definition) is 7. The third-order valence-corrected chi connectivity index (χ3v) is 3.86. The maximum atomic E-state index is 11.8. The molecule has 0 saturated heterocycles. The van der Waals surface area contributed by atoms with Crippen LogP contribution in [0.1, 0.15) is 52.5 Å². The van der Waals surface area contributed by atoms with E-state index < -0.39 is 5.97 Å². The zero-order valence-corrected chi connectivity index (χ0v) is 12.8. The van der Waals surface area contributed by atoms with E-state index in [1.165, 1.54) is 6.92 Å². The first kappa shape index (κ1) is 15.2. The Hall–Kier alpha value is -2.22. The topological polar surface area (TPSA) is 97.0 Å². The van der Waals surface area contributed by atoms with E-state index in [1.807, 2.05) is 6.92 Å². The number of H-pyrrole nitrogens is 1. The van der Waals surface area contributed by atoms with Crippen LogP contribution in [0.2, 0.25) is 0 Å². The third kappa shape index (κ3) is 3.46. The first-order valence-corrected chi connectivity index (χ1v) is 7.28. The van der Waals surface area contributed by atoms with Crippen LogP contribution >= 0.6 is 11.3 Å². The molecule has 0 fully saturated rings. The number of hydrogen-bond donors (Lipinski definition) is 2. The van der Waals surface area contributed by atoms with Gasteiger partial charge in [0.05, 0.1) is 18.8 Å². The zero-order valence-electron chi connectivity index (χ0n) is 12.0. The quantitative estimate of drug-likeness (QED) is 0.628. The molecule has 0 aliphatic rings. The first-order chi connectivity index (χ1) is 10.0. The number of anilines is 1. The van der Waals surface area contributed by atoms with E-state index in [2.05, 4.69) is 20.5 Å². The second kappa shape index (κ2) is 6.49. The van der Waals surface area contributed by atoms with Gasteiger partial charge in [0.15, 0.2) is 16.6 Å². The van der Waals surface area contributed by atoms with Crippen LogP contribution in [0.4, 0.5) is 5.13 Å². The molecule has 2 rings (SSSR count). The van der Waals surface area contributed by atoms with Crippen LogP contribution in [0.3, 0.4) is 0 Å². The third-order valence-electron chi connectivity index (χ3n) is 2.78. The Balaban J connectivity index is 2.23. The van der Waals surface area contributed by atoms with E-state index in [1.54, 1.807) is 19.3 Å². The summed E-state index contributed by atoms with van der Waals surface area (Å²) in [5, 5.41) is 10.3. The molecule has 21 heavy (non-hydrogen) atoms. The van der Waals surface area contributed by atoms with E-state index in [0.29, 0.717) is 10.0 Å². The number of Topliss-reactive ketones (excluding diaryl/α,β-unsaturated/α-hetero) is 1. The zero-order chi connectivity index (χ0) is 15.4. The molecule has 8 heteroatoms. The molecule has 0 spiro atoms. The summed E-state index contributed by atoms with van der Waals surface area (Å²) in [6, 6.07) is -0.0512. The summed E-state index contributed by atoms with van der Waals surface area (Å²) >= 11 is 1.14. The molecule has 2 N–H and O–H groups in total. The van der Waals surface area contributed by atoms with Gasteiger partial charge in [0.1, 0.15) is 4.88 Å². The van der Waals surface area contributed by atoms with E-state index in [9.17, 15) is 9.59 Å². The number of esters is 1. The lowest BCUT2D eigenvalue weighted by Crippen LogP contribution is -2.10. The molecule has 2 aromatic rings. The van der Waals surface area contributed by atoms with Crippen LogP contribution < -0.4 is 5.32 Å². The molecule has 0 aromatic carbocycles. The Morgan fingerprint density at radius 1 is 1.52 bits per heavy atom. The van der Waals surface area contributed by atoms with Crippen molar-refractivity contribution in [2.45, 2.75) is 26.8 Å². The number of ether oxygens (including phenoxy) is 1. The number of ketones is 1. The Labute approximate surface area is 125 Å². The number of carbonyl (C=O) groups is 2. The summed E-state index contributed by atoms with van der Waals surface area (Å²) in [5.74, 6) is -0.789. The maximum absolute atomic E-state index is 11.8. The fraction of sp³-hybridized carbons (Fsp3) is 0.385. The highest BCUT2D eigenvalue weighted by atomic mass is 32.1. The monoisotopic (exact) mass is 308 g/mol. The van der Waals surface area contributed by atoms with Gasteiger partial charge in [-0.2, -0.15) is 5.10 Å². The molecule has 0 aliphatic heterocycles. The summed E-state index contributed by atoms with van der Waals surface area (Å²) in [5.41, 5.74) is 1.02. The number of carbonyl (C=O) groups excluding carboxylic acids is 2. The fourth-order valence-electron chi connectivity index (χ4n) is 1.72. The number of nitrogens with zero attached hydrogens (tertiary/aromatic N) is 2. The second-order valence-electron chi connectivity index (χ2n) is 4.37. The van der Waals surface area contributed by atoms with Crippen molar-refractivity contribution in [3.8, 4) is 0 Å². The minimum absolute atomic E-state index is 0.0512. The molecule has 2 heterocycles. The first-order valence-electron chi connectivity index (χ1n) is 6.47. The van der Waals surface area contributed by atoms with Crippen molar-refractivity contribution in [3.05, 3.63) is 28.5 Å². The van der Waals surface area contributed by atoms with Crippen molar-refractivity contribution in [1.82, 2.24) is 15.2 Å². The predicted octanol–water partition coefficient (Wildman–Crippen LogP) is 2.42. The van der Waals surface area contributed by atoms with Crippen molar-refractivity contribution >= 4 is 28.2 Å². The Kier molecular flexibility index (Phi) is 4.69. The molecule has 1 atom stereocenters. The Morgan fingerprint density at radius 3 is 2.86 bits per heavy atom. The average molecular weight is 308 g/mol. The van der Waals surface area contributed by atoms with Gasteiger partial charge < -0.3 is 10.1 Å². The molecule has 0 radical (unpaired) electrons. The van der Waals surface area contributed by atoms with E-state index >= 15 is 0 Å². The predicted molar refractivity (Wildman–Crippen MR) is 78.7 cm³/mol. The average Bonchev–Trinajstić information content (AvgIpc) is 3.07. The molecule has 1 unspecified atom stereocenters. The molecule has 7 nitrogen and oxygen atoms in total. The molecule has 0 aliphatic carbocycles. The van der Waals surface area contributed by atoms with Crippen LogP contribution in [0.15, 0.2) is 12.4 Å². The molecular formula is C13H16N4O3S. The van der Waals surface area contributed by atoms with Crippen molar-refractivity contribution < 1.29 is 14.3 Å². The van der Waals surface area contributed by atoms with Crippen molar-refractivity contribution in [1.29, 1.82) is 0 Å². The van der Waals surface area contributed by atoms with Crippen molar-refractivity contribution in [3.63, 3.8) is 0 Å².